The van der Waals surface area contributed by atoms with E-state index in [1.165, 1.54) is 0 Å². The van der Waals surface area contributed by atoms with E-state index in [4.69, 9.17) is 13.9 Å². The van der Waals surface area contributed by atoms with Gasteiger partial charge in [-0.1, -0.05) is 130 Å². The Morgan fingerprint density at radius 3 is 1.64 bits per heavy atom. The second kappa shape index (κ2) is 14.5. The number of ether oxygens (including phenoxy) is 2. The highest BCUT2D eigenvalue weighted by Gasteiger charge is 2.50. The lowest BCUT2D eigenvalue weighted by Gasteiger charge is -2.44. The molecule has 0 aliphatic heterocycles. The highest BCUT2D eigenvalue weighted by Crippen LogP contribution is 2.37. The van der Waals surface area contributed by atoms with Crippen LogP contribution < -0.4 is 10.4 Å². The quantitative estimate of drug-likeness (QED) is 0.175. The van der Waals surface area contributed by atoms with Crippen molar-refractivity contribution in [1.82, 2.24) is 0 Å². The van der Waals surface area contributed by atoms with Gasteiger partial charge in [-0.2, -0.15) is 0 Å². The molecule has 4 rings (SSSR count). The van der Waals surface area contributed by atoms with E-state index in [1.807, 2.05) is 66.7 Å². The maximum atomic E-state index is 12.5. The molecule has 0 bridgehead atoms. The van der Waals surface area contributed by atoms with Crippen LogP contribution in [-0.4, -0.2) is 56.0 Å². The number of hydrogen-bond donors (Lipinski definition) is 2. The molecule has 2 N–H and O–H groups in total. The van der Waals surface area contributed by atoms with Gasteiger partial charge in [0.1, 0.15) is 24.9 Å². The number of carbonyl (C=O) groups is 1. The minimum atomic E-state index is -2.94. The molecule has 6 nitrogen and oxygen atoms in total. The van der Waals surface area contributed by atoms with Gasteiger partial charge in [-0.3, -0.25) is 0 Å². The van der Waals surface area contributed by atoms with Crippen molar-refractivity contribution in [3.63, 3.8) is 0 Å². The molecule has 0 radical (unpaired) electrons. The van der Waals surface area contributed by atoms with Gasteiger partial charge in [-0.25, -0.2) is 4.79 Å². The van der Waals surface area contributed by atoms with E-state index in [0.29, 0.717) is 5.56 Å². The second-order valence-electron chi connectivity index (χ2n) is 11.3. The molecule has 4 aromatic carbocycles. The molecule has 42 heavy (non-hydrogen) atoms. The molecule has 0 saturated carbocycles. The lowest BCUT2D eigenvalue weighted by molar-refractivity contribution is -0.128. The van der Waals surface area contributed by atoms with E-state index in [-0.39, 0.29) is 24.9 Å². The predicted octanol–water partition coefficient (Wildman–Crippen LogP) is 4.73. The van der Waals surface area contributed by atoms with Crippen LogP contribution in [0.1, 0.15) is 36.7 Å². The van der Waals surface area contributed by atoms with Crippen LogP contribution in [0.3, 0.4) is 0 Å². The zero-order valence-corrected chi connectivity index (χ0v) is 25.4. The lowest BCUT2D eigenvalue weighted by Crippen LogP contribution is -2.67. The van der Waals surface area contributed by atoms with Gasteiger partial charge in [0.15, 0.2) is 0 Å². The number of aliphatic hydroxyl groups excluding tert-OH is 2. The monoisotopic (exact) mass is 584 g/mol. The van der Waals surface area contributed by atoms with Crippen LogP contribution in [0.2, 0.25) is 5.04 Å². The van der Waals surface area contributed by atoms with Crippen LogP contribution in [0.25, 0.3) is 0 Å². The molecule has 0 aliphatic carbocycles. The van der Waals surface area contributed by atoms with E-state index in [9.17, 15) is 15.0 Å². The van der Waals surface area contributed by atoms with E-state index in [2.05, 4.69) is 45.0 Å². The Hall–Kier alpha value is -3.59. The fraction of sp³-hybridized carbons (Fsp3) is 0.286. The summed E-state index contributed by atoms with van der Waals surface area (Å²) in [4.78, 5) is 12.5. The molecule has 0 spiro atoms. The topological polar surface area (TPSA) is 85.2 Å². The van der Waals surface area contributed by atoms with Crippen LogP contribution in [-0.2, 0) is 20.5 Å². The Kier molecular flexibility index (Phi) is 10.8. The smallest absolute Gasteiger partial charge is 0.338 e. The van der Waals surface area contributed by atoms with Crippen LogP contribution in [0.15, 0.2) is 121 Å². The maximum Gasteiger partial charge on any atom is 0.338 e. The predicted molar refractivity (Wildman–Crippen MR) is 167 cm³/mol. The summed E-state index contributed by atoms with van der Waals surface area (Å²) >= 11 is 0. The SMILES string of the molecule is CC(C)(C)[Si](OC[C@@H](O)[C@@H](OCc1ccccc1)[C@H](O)COC(=O)c1ccccc1)(c1ccccc1)c1ccccc1. The molecule has 0 aromatic heterocycles. The van der Waals surface area contributed by atoms with Gasteiger partial charge in [-0.15, -0.1) is 0 Å². The van der Waals surface area contributed by atoms with Gasteiger partial charge in [-0.05, 0) is 33.1 Å². The van der Waals surface area contributed by atoms with E-state index >= 15 is 0 Å². The summed E-state index contributed by atoms with van der Waals surface area (Å²) < 4.78 is 18.4. The van der Waals surface area contributed by atoms with Gasteiger partial charge < -0.3 is 24.1 Å². The zero-order valence-electron chi connectivity index (χ0n) is 24.4. The Balaban J connectivity index is 1.58. The molecular weight excluding hydrogens is 544 g/mol. The number of carbonyl (C=O) groups excluding carboxylic acids is 1. The second-order valence-corrected chi connectivity index (χ2v) is 15.6. The van der Waals surface area contributed by atoms with Gasteiger partial charge in [0.05, 0.1) is 18.8 Å². The lowest BCUT2D eigenvalue weighted by atomic mass is 10.1. The number of hydrogen-bond acceptors (Lipinski definition) is 6. The highest BCUT2D eigenvalue weighted by atomic mass is 28.4. The minimum absolute atomic E-state index is 0.0869. The third-order valence-electron chi connectivity index (χ3n) is 7.33. The van der Waals surface area contributed by atoms with Gasteiger partial charge in [0, 0.05) is 0 Å². The molecule has 0 saturated heterocycles. The van der Waals surface area contributed by atoms with Crippen molar-refractivity contribution in [2.75, 3.05) is 13.2 Å². The normalized spacial score (nSPS) is 14.1. The van der Waals surface area contributed by atoms with Crippen LogP contribution in [0.4, 0.5) is 0 Å². The number of rotatable bonds is 13. The molecule has 0 amide bonds. The summed E-state index contributed by atoms with van der Waals surface area (Å²) in [7, 11) is -2.94. The Morgan fingerprint density at radius 2 is 1.14 bits per heavy atom. The third kappa shape index (κ3) is 7.62. The average Bonchev–Trinajstić information content (AvgIpc) is 3.01. The van der Waals surface area contributed by atoms with Crippen LogP contribution in [0.5, 0.6) is 0 Å². The summed E-state index contributed by atoms with van der Waals surface area (Å²) in [6.07, 6.45) is -3.58. The summed E-state index contributed by atoms with van der Waals surface area (Å²) in [6.45, 7) is 6.21. The Bertz CT molecular complexity index is 1320. The summed E-state index contributed by atoms with van der Waals surface area (Å²) in [5.41, 5.74) is 1.26. The van der Waals surface area contributed by atoms with Crippen molar-refractivity contribution in [2.24, 2.45) is 0 Å². The maximum absolute atomic E-state index is 12.5. The molecule has 0 aliphatic rings. The van der Waals surface area contributed by atoms with Crippen molar-refractivity contribution in [1.29, 1.82) is 0 Å². The third-order valence-corrected chi connectivity index (χ3v) is 12.3. The fourth-order valence-electron chi connectivity index (χ4n) is 5.23. The van der Waals surface area contributed by atoms with Crippen LogP contribution in [0, 0.1) is 0 Å². The first-order valence-corrected chi connectivity index (χ1v) is 16.1. The molecule has 0 fully saturated rings. The largest absolute Gasteiger partial charge is 0.459 e. The van der Waals surface area contributed by atoms with Crippen molar-refractivity contribution >= 4 is 24.7 Å². The van der Waals surface area contributed by atoms with E-state index < -0.39 is 32.6 Å². The molecule has 220 valence electrons. The van der Waals surface area contributed by atoms with Crippen molar-refractivity contribution in [3.8, 4) is 0 Å². The zero-order chi connectivity index (χ0) is 30.0. The van der Waals surface area contributed by atoms with E-state index in [1.54, 1.807) is 30.3 Å². The molecule has 7 heteroatoms. The number of aliphatic hydroxyl groups is 2. The molecule has 0 heterocycles. The number of benzene rings is 4. The first-order chi connectivity index (χ1) is 20.2. The first kappa shape index (κ1) is 31.3. The van der Waals surface area contributed by atoms with Gasteiger partial charge in [0.2, 0.25) is 0 Å². The van der Waals surface area contributed by atoms with Crippen molar-refractivity contribution < 1.29 is 28.9 Å². The molecular formula is C35H40O6Si. The number of esters is 1. The first-order valence-electron chi connectivity index (χ1n) is 14.2. The summed E-state index contributed by atoms with van der Waals surface area (Å²) in [5, 5.41) is 24.6. The highest BCUT2D eigenvalue weighted by molar-refractivity contribution is 6.99. The average molecular weight is 585 g/mol. The van der Waals surface area contributed by atoms with Crippen molar-refractivity contribution in [2.45, 2.75) is 50.7 Å². The molecule has 4 aromatic rings. The van der Waals surface area contributed by atoms with Gasteiger partial charge in [0.25, 0.3) is 8.32 Å². The standard InChI is InChI=1S/C35H40O6Si/c1-35(2,3)42(29-20-12-6-13-21-29,30-22-14-7-15-23-30)41-26-32(37)33(39-24-27-16-8-4-9-17-27)31(36)25-40-34(38)28-18-10-5-11-19-28/h4-23,31-33,36-37H,24-26H2,1-3H3/t31-,32-,33+/m1/s1. The van der Waals surface area contributed by atoms with E-state index in [0.717, 1.165) is 15.9 Å². The fourth-order valence-corrected chi connectivity index (χ4v) is 9.80. The minimum Gasteiger partial charge on any atom is -0.459 e. The summed E-state index contributed by atoms with van der Waals surface area (Å²) in [6, 6.07) is 38.4. The summed E-state index contributed by atoms with van der Waals surface area (Å²) in [5.74, 6) is -0.561. The Morgan fingerprint density at radius 1 is 0.690 bits per heavy atom. The molecule has 3 atom stereocenters. The molecule has 0 unspecified atom stereocenters. The van der Waals surface area contributed by atoms with Crippen molar-refractivity contribution in [3.05, 3.63) is 132 Å². The van der Waals surface area contributed by atoms with Crippen LogP contribution >= 0.6 is 0 Å². The Labute approximate surface area is 249 Å². The van der Waals surface area contributed by atoms with Gasteiger partial charge >= 0.3 is 5.97 Å².